The highest BCUT2D eigenvalue weighted by atomic mass is 35.5. The molecule has 1 saturated carbocycles. The molecule has 3 fully saturated rings. The zero-order valence-electron chi connectivity index (χ0n) is 33.2. The molecule has 11 nitrogen and oxygen atoms in total. The van der Waals surface area contributed by atoms with Crippen molar-refractivity contribution in [3.8, 4) is 23.0 Å². The van der Waals surface area contributed by atoms with Gasteiger partial charge in [0, 0.05) is 16.5 Å². The van der Waals surface area contributed by atoms with Crippen molar-refractivity contribution in [1.29, 1.82) is 0 Å². The molecule has 2 saturated heterocycles. The van der Waals surface area contributed by atoms with Crippen LogP contribution in [0.1, 0.15) is 41.0 Å². The molecule has 306 valence electrons. The van der Waals surface area contributed by atoms with Crippen molar-refractivity contribution in [2.75, 3.05) is 17.4 Å². The number of carbonyl (C=O) groups excluding carboxylic acids is 4. The number of rotatable bonds is 7. The number of aryl methyl sites for hydroxylation is 2. The Morgan fingerprint density at radius 1 is 0.852 bits per heavy atom. The van der Waals surface area contributed by atoms with Gasteiger partial charge in [-0.1, -0.05) is 71.2 Å². The second-order valence-electron chi connectivity index (χ2n) is 16.3. The molecule has 6 atom stereocenters. The van der Waals surface area contributed by atoms with Crippen molar-refractivity contribution in [3.63, 3.8) is 0 Å². The van der Waals surface area contributed by atoms with Crippen molar-refractivity contribution in [2.45, 2.75) is 38.0 Å². The van der Waals surface area contributed by atoms with E-state index in [0.29, 0.717) is 67.0 Å². The number of imide groups is 2. The fraction of sp³-hybridized carbons (Fsp3) is 0.229. The van der Waals surface area contributed by atoms with Crippen LogP contribution in [-0.4, -0.2) is 45.8 Å². The summed E-state index contributed by atoms with van der Waals surface area (Å²) in [7, 11) is 1.55. The maximum Gasteiger partial charge on any atom is 0.260 e. The van der Waals surface area contributed by atoms with Crippen molar-refractivity contribution in [3.05, 3.63) is 147 Å². The number of hydrogen-bond donors (Lipinski definition) is 2. The van der Waals surface area contributed by atoms with Gasteiger partial charge in [0.2, 0.25) is 17.7 Å². The summed E-state index contributed by atoms with van der Waals surface area (Å²) in [5.41, 5.74) is 7.50. The lowest BCUT2D eigenvalue weighted by Gasteiger charge is -2.50. The Morgan fingerprint density at radius 3 is 2.26 bits per heavy atom. The van der Waals surface area contributed by atoms with Gasteiger partial charge in [-0.25, -0.2) is 4.98 Å². The van der Waals surface area contributed by atoms with Crippen LogP contribution in [0.3, 0.4) is 0 Å². The van der Waals surface area contributed by atoms with Gasteiger partial charge in [-0.05, 0) is 122 Å². The number of fused-ring (bicyclic) bond motifs is 5. The summed E-state index contributed by atoms with van der Waals surface area (Å²) in [5, 5.41) is 12.6. The second kappa shape index (κ2) is 14.4. The predicted octanol–water partition coefficient (Wildman–Crippen LogP) is 9.32. The third-order valence-corrected chi connectivity index (χ3v) is 13.6. The molecule has 0 radical (unpaired) electrons. The molecule has 4 amide bonds. The number of aromatic hydroxyl groups is 1. The van der Waals surface area contributed by atoms with E-state index in [4.69, 9.17) is 32.4 Å². The molecule has 1 aromatic heterocycles. The van der Waals surface area contributed by atoms with E-state index >= 15 is 9.59 Å². The van der Waals surface area contributed by atoms with E-state index in [-0.39, 0.29) is 35.4 Å². The zero-order valence-corrected chi connectivity index (χ0v) is 34.7. The van der Waals surface area contributed by atoms with E-state index in [9.17, 15) is 14.7 Å². The van der Waals surface area contributed by atoms with Crippen molar-refractivity contribution in [2.24, 2.45) is 23.7 Å². The maximum atomic E-state index is 15.6. The number of carbonyl (C=O) groups is 4. The van der Waals surface area contributed by atoms with Crippen molar-refractivity contribution < 1.29 is 33.4 Å². The van der Waals surface area contributed by atoms with E-state index < -0.39 is 46.8 Å². The number of aromatic nitrogens is 1. The Balaban J connectivity index is 1.10. The van der Waals surface area contributed by atoms with Gasteiger partial charge in [0.1, 0.15) is 17.0 Å². The number of hydrogen-bond acceptors (Lipinski definition) is 9. The molecule has 2 aliphatic heterocycles. The highest BCUT2D eigenvalue weighted by Crippen LogP contribution is 2.64. The standard InChI is InChI=1S/C48H38Cl2N4O7/c1-24-20-27(21-25(2)42(24)55)41-32-17-18-33-40(46(58)53(44(33)56)30-13-8-26(9-14-30)43-51-38-6-4-5-7-39(38)61-43)34(32)23-35-45(57)54(52-37-19-12-29(49)22-36(37)50)47(59)48(35,41)28-10-15-31(60-3)16-11-28/h4-17,19-22,33-35,40-41,52,55H,18,23H2,1-3H3/t33-,34+,35-,40-,41-,48+/m0/s1. The summed E-state index contributed by atoms with van der Waals surface area (Å²) >= 11 is 12.8. The minimum atomic E-state index is -1.54. The third kappa shape index (κ3) is 5.81. The fourth-order valence-electron chi connectivity index (χ4n) is 10.4. The summed E-state index contributed by atoms with van der Waals surface area (Å²) < 4.78 is 11.5. The molecule has 10 rings (SSSR count). The quantitative estimate of drug-likeness (QED) is 0.119. The van der Waals surface area contributed by atoms with Gasteiger partial charge in [-0.15, -0.1) is 0 Å². The van der Waals surface area contributed by atoms with Gasteiger partial charge < -0.3 is 14.3 Å². The molecule has 0 bridgehead atoms. The van der Waals surface area contributed by atoms with Crippen molar-refractivity contribution in [1.82, 2.24) is 9.99 Å². The van der Waals surface area contributed by atoms with Crippen LogP contribution < -0.4 is 15.1 Å². The minimum absolute atomic E-state index is 0.103. The normalized spacial score (nSPS) is 24.5. The largest absolute Gasteiger partial charge is 0.507 e. The summed E-state index contributed by atoms with van der Waals surface area (Å²) in [6, 6.07) is 30.0. The number of halogens is 2. The second-order valence-corrected chi connectivity index (χ2v) is 17.1. The summed E-state index contributed by atoms with van der Waals surface area (Å²) in [6.07, 6.45) is 2.36. The predicted molar refractivity (Wildman–Crippen MR) is 230 cm³/mol. The molecule has 2 aliphatic carbocycles. The number of ether oxygens (including phenoxy) is 1. The van der Waals surface area contributed by atoms with E-state index in [1.165, 1.54) is 11.0 Å². The van der Waals surface area contributed by atoms with Gasteiger partial charge in [-0.2, -0.15) is 5.01 Å². The van der Waals surface area contributed by atoms with Crippen LogP contribution in [0.25, 0.3) is 22.6 Å². The Hall–Kier alpha value is -6.43. The number of oxazole rings is 1. The molecule has 0 spiro atoms. The Kier molecular flexibility index (Phi) is 9.12. The van der Waals surface area contributed by atoms with Crippen molar-refractivity contribution >= 4 is 69.3 Å². The smallest absolute Gasteiger partial charge is 0.260 e. The van der Waals surface area contributed by atoms with Gasteiger partial charge in [0.25, 0.3) is 11.8 Å². The lowest BCUT2D eigenvalue weighted by atomic mass is 9.49. The van der Waals surface area contributed by atoms with Gasteiger partial charge >= 0.3 is 0 Å². The number of allylic oxidation sites excluding steroid dienone is 2. The average Bonchev–Trinajstić information content (AvgIpc) is 3.88. The van der Waals surface area contributed by atoms with Crippen LogP contribution in [0.4, 0.5) is 11.4 Å². The number of nitrogens with zero attached hydrogens (tertiary/aromatic N) is 3. The molecule has 13 heteroatoms. The van der Waals surface area contributed by atoms with E-state index in [0.717, 1.165) is 10.6 Å². The SMILES string of the molecule is COc1ccc([C@@]23C(=O)N(Nc4ccc(Cl)cc4Cl)C(=O)[C@@H]2C[C@@H]2C(=CC[C@@H]4C(=O)N(c5ccc(-c6nc7ccccc7o6)cc5)C(=O)[C@@H]42)[C@@H]3c2cc(C)c(O)c(C)c2)cc1. The molecule has 4 aliphatic rings. The summed E-state index contributed by atoms with van der Waals surface area (Å²) in [4.78, 5) is 65.9. The number of phenols is 1. The maximum absolute atomic E-state index is 15.6. The zero-order chi connectivity index (χ0) is 42.5. The van der Waals surface area contributed by atoms with Crippen LogP contribution in [0.5, 0.6) is 11.5 Å². The van der Waals surface area contributed by atoms with Crippen LogP contribution in [-0.2, 0) is 24.6 Å². The molecule has 6 aromatic rings. The molecule has 3 heterocycles. The number of phenolic OH excluding ortho intramolecular Hbond substituents is 1. The van der Waals surface area contributed by atoms with E-state index in [1.807, 2.05) is 54.6 Å². The number of methoxy groups -OCH3 is 1. The topological polar surface area (TPSA) is 142 Å². The number of nitrogens with one attached hydrogen (secondary N) is 1. The van der Waals surface area contributed by atoms with E-state index in [1.54, 1.807) is 69.5 Å². The van der Waals surface area contributed by atoms with Gasteiger partial charge in [-0.3, -0.25) is 29.5 Å². The van der Waals surface area contributed by atoms with Crippen LogP contribution in [0.15, 0.2) is 119 Å². The first-order chi connectivity index (χ1) is 29.4. The Labute approximate surface area is 360 Å². The first-order valence-electron chi connectivity index (χ1n) is 20.0. The first kappa shape index (κ1) is 38.8. The van der Waals surface area contributed by atoms with Crippen LogP contribution >= 0.6 is 23.2 Å². The Morgan fingerprint density at radius 2 is 1.57 bits per heavy atom. The molecule has 2 N–H and O–H groups in total. The summed E-state index contributed by atoms with van der Waals surface area (Å²) in [6.45, 7) is 3.58. The number of para-hydroxylation sites is 2. The van der Waals surface area contributed by atoms with Gasteiger partial charge in [0.05, 0.1) is 46.7 Å². The average molecular weight is 854 g/mol. The minimum Gasteiger partial charge on any atom is -0.507 e. The van der Waals surface area contributed by atoms with Crippen LogP contribution in [0.2, 0.25) is 10.0 Å². The number of benzene rings is 5. The molecular formula is C48H38Cl2N4O7. The lowest BCUT2D eigenvalue weighted by Crippen LogP contribution is -2.53. The molecule has 61 heavy (non-hydrogen) atoms. The lowest BCUT2D eigenvalue weighted by molar-refractivity contribution is -0.138. The molecule has 5 aromatic carbocycles. The highest BCUT2D eigenvalue weighted by molar-refractivity contribution is 6.36. The van der Waals surface area contributed by atoms with E-state index in [2.05, 4.69) is 10.4 Å². The molecular weight excluding hydrogens is 815 g/mol. The number of anilines is 2. The fourth-order valence-corrected chi connectivity index (χ4v) is 10.8. The van der Waals surface area contributed by atoms with Crippen LogP contribution in [0, 0.1) is 37.5 Å². The number of hydrazine groups is 1. The number of amides is 4. The summed E-state index contributed by atoms with van der Waals surface area (Å²) in [5.74, 6) is -4.49. The van der Waals surface area contributed by atoms with Gasteiger partial charge in [0.15, 0.2) is 5.58 Å². The first-order valence-corrected chi connectivity index (χ1v) is 20.7. The highest BCUT2D eigenvalue weighted by Gasteiger charge is 2.70. The molecule has 0 unspecified atom stereocenters. The monoisotopic (exact) mass is 852 g/mol. The third-order valence-electron chi connectivity index (χ3n) is 13.1. The Bertz CT molecular complexity index is 2820.